The summed E-state index contributed by atoms with van der Waals surface area (Å²) in [5.41, 5.74) is 9.10. The lowest BCUT2D eigenvalue weighted by Crippen LogP contribution is -2.48. The van der Waals surface area contributed by atoms with Gasteiger partial charge in [-0.25, -0.2) is 0 Å². The molecule has 1 heterocycles. The minimum atomic E-state index is -1.01. The maximum Gasteiger partial charge on any atom is 0.306 e. The largest absolute Gasteiger partial charge is 0.496 e. The molecule has 11 heteroatoms. The van der Waals surface area contributed by atoms with Gasteiger partial charge in [0.05, 0.1) is 32.1 Å². The number of hydrogen-bond donors (Lipinski definition) is 2. The number of amides is 1. The second-order valence-corrected chi connectivity index (χ2v) is 13.8. The van der Waals surface area contributed by atoms with E-state index in [1.807, 2.05) is 77.9 Å². The topological polar surface area (TPSA) is 149 Å². The summed E-state index contributed by atoms with van der Waals surface area (Å²) in [6.07, 6.45) is -1.38. The monoisotopic (exact) mass is 667 g/mol. The second-order valence-electron chi connectivity index (χ2n) is 13.8. The summed E-state index contributed by atoms with van der Waals surface area (Å²) in [4.78, 5) is 60.1. The number of rotatable bonds is 16. The van der Waals surface area contributed by atoms with Gasteiger partial charge in [-0.05, 0) is 49.4 Å². The molecule has 3 N–H and O–H groups in total. The average Bonchev–Trinajstić information content (AvgIpc) is 3.41. The molecule has 2 unspecified atom stereocenters. The maximum atomic E-state index is 13.7. The number of aliphatic hydroxyl groups excluding tert-OH is 1. The van der Waals surface area contributed by atoms with Gasteiger partial charge >= 0.3 is 5.97 Å². The Morgan fingerprint density at radius 3 is 2.23 bits per heavy atom. The highest BCUT2D eigenvalue weighted by molar-refractivity contribution is 6.11. The summed E-state index contributed by atoms with van der Waals surface area (Å²) in [7, 11) is 5.28. The predicted octanol–water partition coefficient (Wildman–Crippen LogP) is 4.66. The number of para-hydroxylation sites is 1. The zero-order valence-electron chi connectivity index (χ0n) is 30.0. The van der Waals surface area contributed by atoms with Crippen LogP contribution >= 0.6 is 0 Å². The molecule has 3 rings (SSSR count). The minimum Gasteiger partial charge on any atom is -0.496 e. The number of hydrogen-bond acceptors (Lipinski definition) is 10. The molecule has 1 fully saturated rings. The lowest BCUT2D eigenvalue weighted by atomic mass is 9.83. The molecular formula is C37H53N3O8. The van der Waals surface area contributed by atoms with Crippen LogP contribution in [0.15, 0.2) is 36.4 Å². The Morgan fingerprint density at radius 1 is 1.02 bits per heavy atom. The van der Waals surface area contributed by atoms with Gasteiger partial charge in [0, 0.05) is 48.8 Å². The van der Waals surface area contributed by atoms with Gasteiger partial charge in [0.1, 0.15) is 29.8 Å². The molecule has 11 nitrogen and oxygen atoms in total. The van der Waals surface area contributed by atoms with Crippen molar-refractivity contribution in [2.24, 2.45) is 35.3 Å². The van der Waals surface area contributed by atoms with Crippen LogP contribution in [0, 0.1) is 29.6 Å². The number of benzene rings is 2. The summed E-state index contributed by atoms with van der Waals surface area (Å²) in [5, 5.41) is 11.6. The highest BCUT2D eigenvalue weighted by Crippen LogP contribution is 2.39. The number of primary amides is 1. The van der Waals surface area contributed by atoms with E-state index in [1.54, 1.807) is 26.0 Å². The van der Waals surface area contributed by atoms with Crippen LogP contribution in [-0.4, -0.2) is 79.7 Å². The fourth-order valence-electron chi connectivity index (χ4n) is 6.17. The molecule has 2 aromatic carbocycles. The van der Waals surface area contributed by atoms with Gasteiger partial charge in [0.25, 0.3) is 0 Å². The summed E-state index contributed by atoms with van der Waals surface area (Å²) < 4.78 is 11.6. The maximum absolute atomic E-state index is 13.7. The van der Waals surface area contributed by atoms with Crippen LogP contribution in [0.2, 0.25) is 0 Å². The number of anilines is 1. The highest BCUT2D eigenvalue weighted by atomic mass is 16.7. The van der Waals surface area contributed by atoms with Crippen LogP contribution < -0.4 is 15.4 Å². The summed E-state index contributed by atoms with van der Waals surface area (Å²) in [6.45, 7) is 12.6. The van der Waals surface area contributed by atoms with Crippen molar-refractivity contribution < 1.29 is 38.6 Å². The molecule has 1 amide bonds. The molecule has 0 radical (unpaired) electrons. The van der Waals surface area contributed by atoms with Crippen molar-refractivity contribution in [3.8, 4) is 16.9 Å². The molecule has 2 aromatic rings. The number of nitrogens with zero attached hydrogens (tertiary/aromatic N) is 2. The van der Waals surface area contributed by atoms with Gasteiger partial charge in [-0.2, -0.15) is 5.06 Å². The van der Waals surface area contributed by atoms with Crippen LogP contribution in [-0.2, 0) is 30.5 Å². The Labute approximate surface area is 284 Å². The van der Waals surface area contributed by atoms with Gasteiger partial charge < -0.3 is 25.2 Å². The van der Waals surface area contributed by atoms with E-state index < -0.39 is 48.6 Å². The third-order valence-electron chi connectivity index (χ3n) is 9.21. The number of Topliss-reactive ketones (excluding diaryl/α,β-unsaturated/α-hetero) is 2. The van der Waals surface area contributed by atoms with Crippen molar-refractivity contribution in [3.63, 3.8) is 0 Å². The van der Waals surface area contributed by atoms with Crippen molar-refractivity contribution in [1.29, 1.82) is 0 Å². The lowest BCUT2D eigenvalue weighted by molar-refractivity contribution is -0.181. The van der Waals surface area contributed by atoms with E-state index in [0.29, 0.717) is 28.0 Å². The summed E-state index contributed by atoms with van der Waals surface area (Å²) in [5.74, 6) is -2.53. The molecule has 48 heavy (non-hydrogen) atoms. The first-order valence-corrected chi connectivity index (χ1v) is 16.6. The molecule has 0 saturated carbocycles. The molecular weight excluding hydrogens is 614 g/mol. The molecule has 1 aliphatic rings. The van der Waals surface area contributed by atoms with Crippen LogP contribution in [0.3, 0.4) is 0 Å². The van der Waals surface area contributed by atoms with Gasteiger partial charge in [-0.3, -0.25) is 24.0 Å². The van der Waals surface area contributed by atoms with Crippen molar-refractivity contribution in [1.82, 2.24) is 5.06 Å². The van der Waals surface area contributed by atoms with Crippen LogP contribution in [0.5, 0.6) is 5.75 Å². The summed E-state index contributed by atoms with van der Waals surface area (Å²) >= 11 is 0. The Hall–Kier alpha value is -3.80. The number of nitrogens with two attached hydrogens (primary N) is 1. The molecule has 1 saturated heterocycles. The summed E-state index contributed by atoms with van der Waals surface area (Å²) in [6, 6.07) is 10.0. The number of aliphatic hydroxyl groups is 1. The number of ether oxygens (including phenoxy) is 2. The molecule has 0 bridgehead atoms. The Balaban J connectivity index is 2.02. The van der Waals surface area contributed by atoms with Gasteiger partial charge in [0.2, 0.25) is 5.91 Å². The van der Waals surface area contributed by atoms with E-state index in [-0.39, 0.29) is 42.3 Å². The zero-order valence-corrected chi connectivity index (χ0v) is 30.0. The van der Waals surface area contributed by atoms with E-state index in [4.69, 9.17) is 20.0 Å². The third kappa shape index (κ3) is 8.80. The van der Waals surface area contributed by atoms with E-state index in [1.165, 1.54) is 12.2 Å². The van der Waals surface area contributed by atoms with Gasteiger partial charge in [-0.1, -0.05) is 52.8 Å². The van der Waals surface area contributed by atoms with E-state index in [9.17, 15) is 24.3 Å². The van der Waals surface area contributed by atoms with Crippen LogP contribution in [0.1, 0.15) is 70.8 Å². The normalized spacial score (nSPS) is 20.0. The number of esters is 1. The fraction of sp³-hybridized carbons (Fsp3) is 0.568. The molecule has 0 aliphatic carbocycles. The number of ketones is 2. The molecule has 264 valence electrons. The standard InChI is InChI=1S/C37H53N3O8/c1-20(2)14-31(42)47-24(7)32-30(19-41)48-40(33(32)37(38)45)18-25-12-11-13-29(36(25)46-10)26-15-27(17-28(16-26)39(8)9)35(44)23(6)34(43)22(5)21(3)4/h11-13,15-17,20-24,30,32-33,41H,14,18-19H2,1-10H3,(H2,38,45)/t22?,23?,24-,30-,32+,33-/m0/s1. The van der Waals surface area contributed by atoms with E-state index in [0.717, 1.165) is 5.69 Å². The van der Waals surface area contributed by atoms with Crippen molar-refractivity contribution in [2.45, 2.75) is 79.7 Å². The van der Waals surface area contributed by atoms with Crippen molar-refractivity contribution >= 4 is 29.1 Å². The molecule has 0 aromatic heterocycles. The van der Waals surface area contributed by atoms with Crippen LogP contribution in [0.4, 0.5) is 5.69 Å². The predicted molar refractivity (Wildman–Crippen MR) is 184 cm³/mol. The Kier molecular flexibility index (Phi) is 13.3. The number of carbonyl (C=O) groups excluding carboxylic acids is 4. The average molecular weight is 668 g/mol. The zero-order chi connectivity index (χ0) is 36.0. The lowest BCUT2D eigenvalue weighted by Gasteiger charge is -2.27. The first kappa shape index (κ1) is 38.6. The first-order chi connectivity index (χ1) is 22.5. The van der Waals surface area contributed by atoms with E-state index in [2.05, 4.69) is 0 Å². The molecule has 6 atom stereocenters. The van der Waals surface area contributed by atoms with Crippen LogP contribution in [0.25, 0.3) is 11.1 Å². The van der Waals surface area contributed by atoms with Crippen molar-refractivity contribution in [3.05, 3.63) is 47.5 Å². The SMILES string of the molecule is COc1c(CN2O[C@@H](CO)[C@@H]([C@H](C)OC(=O)CC(C)C)[C@H]2C(N)=O)cccc1-c1cc(C(=O)C(C)C(=O)C(C)C(C)C)cc(N(C)C)c1. The number of hydroxylamine groups is 2. The van der Waals surface area contributed by atoms with Gasteiger partial charge in [0.15, 0.2) is 5.78 Å². The van der Waals surface area contributed by atoms with Crippen molar-refractivity contribution in [2.75, 3.05) is 32.7 Å². The highest BCUT2D eigenvalue weighted by Gasteiger charge is 2.50. The molecule has 1 aliphatic heterocycles. The van der Waals surface area contributed by atoms with Gasteiger partial charge in [-0.15, -0.1) is 0 Å². The first-order valence-electron chi connectivity index (χ1n) is 16.6. The molecule has 0 spiro atoms. The second kappa shape index (κ2) is 16.5. The third-order valence-corrected chi connectivity index (χ3v) is 9.21. The quantitative estimate of drug-likeness (QED) is 0.147. The van der Waals surface area contributed by atoms with E-state index >= 15 is 0 Å². The fourth-order valence-corrected chi connectivity index (χ4v) is 6.17. The number of carbonyl (C=O) groups is 4. The Bertz CT molecular complexity index is 1470. The number of methoxy groups -OCH3 is 1. The smallest absolute Gasteiger partial charge is 0.306 e. The Morgan fingerprint density at radius 2 is 1.69 bits per heavy atom. The minimum absolute atomic E-state index is 0.0576.